The second kappa shape index (κ2) is 10.6. The number of nitrogens with zero attached hydrogens (tertiary/aromatic N) is 1. The first-order valence-electron chi connectivity index (χ1n) is 8.42. The fraction of sp³-hybridized carbons (Fsp3) is 0.389. The predicted molar refractivity (Wildman–Crippen MR) is 116 cm³/mol. The number of fused-ring (bicyclic) bond motifs is 1. The summed E-state index contributed by atoms with van der Waals surface area (Å²) < 4.78 is 40.6. The van der Waals surface area contributed by atoms with Crippen molar-refractivity contribution < 1.29 is 23.0 Å². The van der Waals surface area contributed by atoms with Gasteiger partial charge in [-0.15, -0.1) is 35.3 Å². The van der Waals surface area contributed by atoms with Gasteiger partial charge in [0.2, 0.25) is 6.79 Å². The van der Waals surface area contributed by atoms with Crippen molar-refractivity contribution in [2.45, 2.75) is 26.0 Å². The second-order valence-corrected chi connectivity index (χ2v) is 6.89. The van der Waals surface area contributed by atoms with Crippen molar-refractivity contribution in [2.24, 2.45) is 4.99 Å². The van der Waals surface area contributed by atoms with Crippen molar-refractivity contribution in [1.82, 2.24) is 10.6 Å². The van der Waals surface area contributed by atoms with Crippen LogP contribution in [0.2, 0.25) is 0 Å². The summed E-state index contributed by atoms with van der Waals surface area (Å²) in [6.07, 6.45) is 0. The monoisotopic (exact) mass is 525 g/mol. The number of guanidine groups is 1. The molecule has 10 heteroatoms. The van der Waals surface area contributed by atoms with Crippen LogP contribution < -0.4 is 24.8 Å². The van der Waals surface area contributed by atoms with Crippen molar-refractivity contribution >= 4 is 41.3 Å². The number of ether oxygens (including phenoxy) is 3. The van der Waals surface area contributed by atoms with Gasteiger partial charge in [0.25, 0.3) is 0 Å². The minimum atomic E-state index is -2.92. The van der Waals surface area contributed by atoms with Crippen LogP contribution in [-0.4, -0.2) is 33.0 Å². The van der Waals surface area contributed by atoms with Crippen LogP contribution >= 0.6 is 35.3 Å². The molecule has 0 saturated carbocycles. The van der Waals surface area contributed by atoms with Gasteiger partial charge in [-0.3, -0.25) is 4.99 Å². The maximum absolute atomic E-state index is 12.7. The Morgan fingerprint density at radius 3 is 2.68 bits per heavy atom. The fourth-order valence-electron chi connectivity index (χ4n) is 2.63. The molecule has 154 valence electrons. The lowest BCUT2D eigenvalue weighted by molar-refractivity contribution is -0.0505. The van der Waals surface area contributed by atoms with E-state index in [-0.39, 0.29) is 43.1 Å². The number of aliphatic imine (C=N–C) groups is 1. The molecule has 0 amide bonds. The molecule has 1 aromatic heterocycles. The Labute approximate surface area is 183 Å². The Kier molecular flexibility index (Phi) is 8.55. The van der Waals surface area contributed by atoms with Gasteiger partial charge in [0.1, 0.15) is 5.75 Å². The summed E-state index contributed by atoms with van der Waals surface area (Å²) in [5, 5.41) is 8.40. The average molecular weight is 525 g/mol. The third-order valence-electron chi connectivity index (χ3n) is 4.05. The van der Waals surface area contributed by atoms with E-state index in [0.717, 1.165) is 0 Å². The normalized spacial score (nSPS) is 13.8. The van der Waals surface area contributed by atoms with E-state index >= 15 is 0 Å². The number of nitrogens with one attached hydrogen (secondary N) is 2. The molecule has 2 aromatic rings. The Morgan fingerprint density at radius 1 is 1.29 bits per heavy atom. The number of alkyl halides is 2. The molecule has 28 heavy (non-hydrogen) atoms. The van der Waals surface area contributed by atoms with Crippen LogP contribution in [0, 0.1) is 0 Å². The van der Waals surface area contributed by atoms with Crippen molar-refractivity contribution in [3.05, 3.63) is 40.1 Å². The van der Waals surface area contributed by atoms with Crippen LogP contribution in [0.1, 0.15) is 23.3 Å². The molecule has 1 unspecified atom stereocenters. The highest BCUT2D eigenvalue weighted by Gasteiger charge is 2.20. The molecule has 1 aliphatic rings. The second-order valence-electron chi connectivity index (χ2n) is 5.91. The SMILES string of the molecule is CN=C(NCc1cc2c(cc1OC(F)F)OCO2)NCC(C)c1cccs1.I. The summed E-state index contributed by atoms with van der Waals surface area (Å²) in [5.74, 6) is 1.83. The summed E-state index contributed by atoms with van der Waals surface area (Å²) in [6.45, 7) is 0.198. The van der Waals surface area contributed by atoms with Crippen LogP contribution in [0.5, 0.6) is 17.2 Å². The lowest BCUT2D eigenvalue weighted by atomic mass is 10.1. The first kappa shape index (κ1) is 22.5. The van der Waals surface area contributed by atoms with Crippen molar-refractivity contribution in [1.29, 1.82) is 0 Å². The van der Waals surface area contributed by atoms with E-state index in [1.807, 2.05) is 11.4 Å². The van der Waals surface area contributed by atoms with Gasteiger partial charge in [-0.2, -0.15) is 8.78 Å². The van der Waals surface area contributed by atoms with E-state index in [2.05, 4.69) is 33.4 Å². The Balaban J connectivity index is 0.00000280. The summed E-state index contributed by atoms with van der Waals surface area (Å²) in [7, 11) is 1.65. The lowest BCUT2D eigenvalue weighted by Gasteiger charge is -2.17. The third-order valence-corrected chi connectivity index (χ3v) is 5.15. The molecule has 1 aromatic carbocycles. The van der Waals surface area contributed by atoms with Gasteiger partial charge >= 0.3 is 6.61 Å². The quantitative estimate of drug-likeness (QED) is 0.323. The first-order valence-corrected chi connectivity index (χ1v) is 9.30. The predicted octanol–water partition coefficient (Wildman–Crippen LogP) is 4.16. The number of hydrogen-bond donors (Lipinski definition) is 2. The van der Waals surface area contributed by atoms with Crippen molar-refractivity contribution in [3.63, 3.8) is 0 Å². The van der Waals surface area contributed by atoms with Gasteiger partial charge in [0, 0.05) is 42.6 Å². The van der Waals surface area contributed by atoms with Crippen LogP contribution in [0.4, 0.5) is 8.78 Å². The minimum Gasteiger partial charge on any atom is -0.454 e. The van der Waals surface area contributed by atoms with Gasteiger partial charge in [0.15, 0.2) is 17.5 Å². The van der Waals surface area contributed by atoms with Gasteiger partial charge in [-0.25, -0.2) is 0 Å². The fourth-order valence-corrected chi connectivity index (χ4v) is 3.42. The smallest absolute Gasteiger partial charge is 0.387 e. The number of hydrogen-bond acceptors (Lipinski definition) is 5. The molecule has 0 bridgehead atoms. The van der Waals surface area contributed by atoms with Crippen LogP contribution in [0.15, 0.2) is 34.6 Å². The van der Waals surface area contributed by atoms with Gasteiger partial charge < -0.3 is 24.8 Å². The van der Waals surface area contributed by atoms with E-state index in [4.69, 9.17) is 9.47 Å². The van der Waals surface area contributed by atoms with E-state index < -0.39 is 6.61 Å². The number of halogens is 3. The van der Waals surface area contributed by atoms with Crippen LogP contribution in [0.3, 0.4) is 0 Å². The first-order chi connectivity index (χ1) is 13.1. The van der Waals surface area contributed by atoms with E-state index in [1.54, 1.807) is 24.5 Å². The average Bonchev–Trinajstić information content (AvgIpc) is 3.32. The zero-order valence-electron chi connectivity index (χ0n) is 15.4. The van der Waals surface area contributed by atoms with E-state index in [0.29, 0.717) is 35.5 Å². The molecule has 0 aliphatic carbocycles. The minimum absolute atomic E-state index is 0. The van der Waals surface area contributed by atoms with Gasteiger partial charge in [0.05, 0.1) is 0 Å². The Morgan fingerprint density at radius 2 is 2.04 bits per heavy atom. The molecule has 2 heterocycles. The van der Waals surface area contributed by atoms with Gasteiger partial charge in [-0.05, 0) is 17.5 Å². The van der Waals surface area contributed by atoms with Crippen LogP contribution in [-0.2, 0) is 6.54 Å². The molecule has 2 N–H and O–H groups in total. The molecule has 1 aliphatic heterocycles. The summed E-state index contributed by atoms with van der Waals surface area (Å²) in [5.41, 5.74) is 0.522. The lowest BCUT2D eigenvalue weighted by Crippen LogP contribution is -2.38. The topological polar surface area (TPSA) is 64.1 Å². The largest absolute Gasteiger partial charge is 0.454 e. The molecule has 6 nitrogen and oxygen atoms in total. The van der Waals surface area contributed by atoms with E-state index in [9.17, 15) is 8.78 Å². The third kappa shape index (κ3) is 5.84. The zero-order chi connectivity index (χ0) is 19.2. The Hall–Kier alpha value is -1.82. The summed E-state index contributed by atoms with van der Waals surface area (Å²) in [6, 6.07) is 7.16. The van der Waals surface area contributed by atoms with E-state index in [1.165, 1.54) is 10.9 Å². The maximum atomic E-state index is 12.7. The Bertz CT molecular complexity index is 791. The zero-order valence-corrected chi connectivity index (χ0v) is 18.6. The maximum Gasteiger partial charge on any atom is 0.387 e. The highest BCUT2D eigenvalue weighted by atomic mass is 127. The molecule has 0 radical (unpaired) electrons. The number of rotatable bonds is 7. The summed E-state index contributed by atoms with van der Waals surface area (Å²) >= 11 is 1.71. The van der Waals surface area contributed by atoms with Crippen molar-refractivity contribution in [2.75, 3.05) is 20.4 Å². The number of thiophene rings is 1. The highest BCUT2D eigenvalue weighted by Crippen LogP contribution is 2.38. The number of benzene rings is 1. The summed E-state index contributed by atoms with van der Waals surface area (Å²) in [4.78, 5) is 5.45. The molecule has 3 rings (SSSR count). The molecule has 0 fully saturated rings. The van der Waals surface area contributed by atoms with Gasteiger partial charge in [-0.1, -0.05) is 13.0 Å². The van der Waals surface area contributed by atoms with Crippen LogP contribution in [0.25, 0.3) is 0 Å². The standard InChI is InChI=1S/C18H21F2N3O3S.HI/c1-11(16-4-3-5-27-16)8-22-18(21-2)23-9-12-6-14-15(25-10-24-14)7-13(12)26-17(19)20;/h3-7,11,17H,8-10H2,1-2H3,(H2,21,22,23);1H. The molecular weight excluding hydrogens is 503 g/mol. The molecule has 1 atom stereocenters. The molecule has 0 spiro atoms. The molecular formula is C18H22F2IN3O3S. The highest BCUT2D eigenvalue weighted by molar-refractivity contribution is 14.0. The molecule has 0 saturated heterocycles. The van der Waals surface area contributed by atoms with Crippen molar-refractivity contribution in [3.8, 4) is 17.2 Å².